The van der Waals surface area contributed by atoms with Crippen molar-refractivity contribution in [3.05, 3.63) is 17.9 Å². The van der Waals surface area contributed by atoms with Gasteiger partial charge in [0.1, 0.15) is 0 Å². The first-order valence-corrected chi connectivity index (χ1v) is 6.80. The highest BCUT2D eigenvalue weighted by molar-refractivity contribution is 5.91. The molecule has 4 nitrogen and oxygen atoms in total. The number of piperazine rings is 1. The van der Waals surface area contributed by atoms with Crippen molar-refractivity contribution in [3.63, 3.8) is 0 Å². The molecule has 0 unspecified atom stereocenters. The molecule has 98 valence electrons. The summed E-state index contributed by atoms with van der Waals surface area (Å²) in [5.74, 6) is 2.26. The minimum atomic E-state index is -0.00591. The molecular formula is C14H20N2O2. The third-order valence-electron chi connectivity index (χ3n) is 3.84. The number of furan rings is 1. The van der Waals surface area contributed by atoms with Crippen molar-refractivity contribution in [2.75, 3.05) is 37.6 Å². The van der Waals surface area contributed by atoms with E-state index in [-0.39, 0.29) is 5.78 Å². The van der Waals surface area contributed by atoms with Crippen molar-refractivity contribution in [1.29, 1.82) is 0 Å². The molecule has 0 N–H and O–H groups in total. The van der Waals surface area contributed by atoms with Gasteiger partial charge < -0.3 is 9.32 Å². The van der Waals surface area contributed by atoms with E-state index in [1.165, 1.54) is 26.3 Å². The van der Waals surface area contributed by atoms with Crippen molar-refractivity contribution in [1.82, 2.24) is 4.90 Å². The lowest BCUT2D eigenvalue weighted by atomic mass is 10.3. The zero-order valence-corrected chi connectivity index (χ0v) is 10.9. The summed E-state index contributed by atoms with van der Waals surface area (Å²) in [4.78, 5) is 16.0. The smallest absolute Gasteiger partial charge is 0.196 e. The van der Waals surface area contributed by atoms with Crippen LogP contribution in [0.3, 0.4) is 0 Å². The largest absolute Gasteiger partial charge is 0.437 e. The lowest BCUT2D eigenvalue weighted by Gasteiger charge is -2.34. The van der Waals surface area contributed by atoms with Crippen LogP contribution >= 0.6 is 0 Å². The van der Waals surface area contributed by atoms with Crippen molar-refractivity contribution < 1.29 is 9.21 Å². The van der Waals surface area contributed by atoms with Gasteiger partial charge in [0.2, 0.25) is 0 Å². The summed E-state index contributed by atoms with van der Waals surface area (Å²) in [6, 6.07) is 3.68. The first-order valence-electron chi connectivity index (χ1n) is 6.80. The Morgan fingerprint density at radius 2 is 2.00 bits per heavy atom. The number of Topliss-reactive ketones (excluding diaryl/α,β-unsaturated/α-hetero) is 1. The third-order valence-corrected chi connectivity index (χ3v) is 3.84. The number of ketones is 1. The highest BCUT2D eigenvalue weighted by Crippen LogP contribution is 2.30. The minimum Gasteiger partial charge on any atom is -0.437 e. The van der Waals surface area contributed by atoms with Crippen LogP contribution in [0.2, 0.25) is 0 Å². The van der Waals surface area contributed by atoms with Crippen LogP contribution in [0.4, 0.5) is 5.88 Å². The van der Waals surface area contributed by atoms with Crippen molar-refractivity contribution in [3.8, 4) is 0 Å². The molecule has 1 aromatic heterocycles. The van der Waals surface area contributed by atoms with Gasteiger partial charge in [0.25, 0.3) is 0 Å². The predicted molar refractivity (Wildman–Crippen MR) is 70.1 cm³/mol. The van der Waals surface area contributed by atoms with Gasteiger partial charge >= 0.3 is 0 Å². The lowest BCUT2D eigenvalue weighted by molar-refractivity contribution is 0.0987. The average molecular weight is 248 g/mol. The quantitative estimate of drug-likeness (QED) is 0.764. The van der Waals surface area contributed by atoms with Crippen LogP contribution in [-0.2, 0) is 0 Å². The Balaban J connectivity index is 1.55. The zero-order chi connectivity index (χ0) is 12.5. The van der Waals surface area contributed by atoms with Crippen LogP contribution in [0.1, 0.15) is 30.3 Å². The van der Waals surface area contributed by atoms with Crippen molar-refractivity contribution in [2.45, 2.75) is 19.8 Å². The Bertz CT molecular complexity index is 429. The molecule has 3 rings (SSSR count). The summed E-state index contributed by atoms with van der Waals surface area (Å²) in [6.45, 7) is 7.01. The van der Waals surface area contributed by atoms with E-state index in [2.05, 4.69) is 9.80 Å². The van der Waals surface area contributed by atoms with Crippen molar-refractivity contribution >= 4 is 11.7 Å². The SMILES string of the molecule is CC(=O)c1ccc(N2CCN(CC3CC3)CC2)o1. The highest BCUT2D eigenvalue weighted by Gasteiger charge is 2.27. The number of carbonyl (C=O) groups is 1. The van der Waals surface area contributed by atoms with E-state index >= 15 is 0 Å². The average Bonchev–Trinajstić information content (AvgIpc) is 3.04. The second-order valence-electron chi connectivity index (χ2n) is 5.43. The van der Waals surface area contributed by atoms with Gasteiger partial charge in [0.15, 0.2) is 17.4 Å². The van der Waals surface area contributed by atoms with Gasteiger partial charge in [-0.2, -0.15) is 0 Å². The minimum absolute atomic E-state index is 0.00591. The molecule has 2 aliphatic rings. The van der Waals surface area contributed by atoms with E-state index in [9.17, 15) is 4.79 Å². The second-order valence-corrected chi connectivity index (χ2v) is 5.43. The molecule has 1 aliphatic carbocycles. The van der Waals surface area contributed by atoms with Gasteiger partial charge in [0.05, 0.1) is 0 Å². The molecule has 1 aliphatic heterocycles. The van der Waals surface area contributed by atoms with E-state index in [4.69, 9.17) is 4.42 Å². The van der Waals surface area contributed by atoms with Gasteiger partial charge in [-0.15, -0.1) is 0 Å². The zero-order valence-electron chi connectivity index (χ0n) is 10.9. The summed E-state index contributed by atoms with van der Waals surface area (Å²) >= 11 is 0. The third kappa shape index (κ3) is 2.58. The van der Waals surface area contributed by atoms with E-state index in [0.717, 1.165) is 38.0 Å². The molecule has 2 fully saturated rings. The standard InChI is InChI=1S/C14H20N2O2/c1-11(17)13-4-5-14(18-13)16-8-6-15(7-9-16)10-12-2-3-12/h4-5,12H,2-3,6-10H2,1H3. The van der Waals surface area contributed by atoms with E-state index in [1.54, 1.807) is 6.07 Å². The van der Waals surface area contributed by atoms with Crippen LogP contribution in [0.25, 0.3) is 0 Å². The van der Waals surface area contributed by atoms with Gasteiger partial charge in [0, 0.05) is 45.7 Å². The highest BCUT2D eigenvalue weighted by atomic mass is 16.4. The normalized spacial score (nSPS) is 21.3. The Morgan fingerprint density at radius 1 is 1.28 bits per heavy atom. The van der Waals surface area contributed by atoms with Crippen LogP contribution in [0.5, 0.6) is 0 Å². The number of anilines is 1. The molecule has 0 spiro atoms. The summed E-state index contributed by atoms with van der Waals surface area (Å²) in [5, 5.41) is 0. The topological polar surface area (TPSA) is 36.7 Å². The van der Waals surface area contributed by atoms with Gasteiger partial charge in [-0.25, -0.2) is 0 Å². The maximum atomic E-state index is 11.2. The molecular weight excluding hydrogens is 228 g/mol. The Hall–Kier alpha value is -1.29. The Kier molecular flexibility index (Phi) is 3.12. The molecule has 1 saturated heterocycles. The maximum absolute atomic E-state index is 11.2. The fourth-order valence-corrected chi connectivity index (χ4v) is 2.50. The van der Waals surface area contributed by atoms with Gasteiger partial charge in [-0.1, -0.05) is 0 Å². The molecule has 0 aromatic carbocycles. The van der Waals surface area contributed by atoms with Crippen LogP contribution in [0.15, 0.2) is 16.5 Å². The molecule has 1 saturated carbocycles. The summed E-state index contributed by atoms with van der Waals surface area (Å²) in [7, 11) is 0. The monoisotopic (exact) mass is 248 g/mol. The molecule has 4 heteroatoms. The van der Waals surface area contributed by atoms with E-state index in [1.807, 2.05) is 6.07 Å². The molecule has 1 aromatic rings. The molecule has 0 bridgehead atoms. The summed E-state index contributed by atoms with van der Waals surface area (Å²) in [5.41, 5.74) is 0. The number of carbonyl (C=O) groups excluding carboxylic acids is 1. The molecule has 0 radical (unpaired) electrons. The second kappa shape index (κ2) is 4.76. The fraction of sp³-hybridized carbons (Fsp3) is 0.643. The first-order chi connectivity index (χ1) is 8.72. The van der Waals surface area contributed by atoms with Gasteiger partial charge in [-0.3, -0.25) is 9.69 Å². The molecule has 0 amide bonds. The van der Waals surface area contributed by atoms with Gasteiger partial charge in [-0.05, 0) is 24.8 Å². The van der Waals surface area contributed by atoms with E-state index in [0.29, 0.717) is 5.76 Å². The first kappa shape index (κ1) is 11.8. The molecule has 0 atom stereocenters. The number of hydrogen-bond donors (Lipinski definition) is 0. The van der Waals surface area contributed by atoms with Crippen LogP contribution < -0.4 is 4.90 Å². The summed E-state index contributed by atoms with van der Waals surface area (Å²) < 4.78 is 5.57. The Labute approximate surface area is 108 Å². The lowest BCUT2D eigenvalue weighted by Crippen LogP contribution is -2.46. The molecule has 18 heavy (non-hydrogen) atoms. The number of rotatable bonds is 4. The predicted octanol–water partition coefficient (Wildman–Crippen LogP) is 2.01. The maximum Gasteiger partial charge on any atom is 0.196 e. The molecule has 2 heterocycles. The van der Waals surface area contributed by atoms with E-state index < -0.39 is 0 Å². The van der Waals surface area contributed by atoms with Crippen LogP contribution in [0, 0.1) is 5.92 Å². The van der Waals surface area contributed by atoms with Crippen molar-refractivity contribution in [2.24, 2.45) is 5.92 Å². The number of hydrogen-bond acceptors (Lipinski definition) is 4. The Morgan fingerprint density at radius 3 is 2.56 bits per heavy atom. The fourth-order valence-electron chi connectivity index (χ4n) is 2.50. The number of nitrogens with zero attached hydrogens (tertiary/aromatic N) is 2. The summed E-state index contributed by atoms with van der Waals surface area (Å²) in [6.07, 6.45) is 2.83. The van der Waals surface area contributed by atoms with Crippen LogP contribution in [-0.4, -0.2) is 43.4 Å².